The summed E-state index contributed by atoms with van der Waals surface area (Å²) in [6.07, 6.45) is 0. The molecular weight excluding hydrogens is 184 g/mol. The summed E-state index contributed by atoms with van der Waals surface area (Å²) in [5.74, 6) is 0. The molecule has 0 amide bonds. The Kier molecular flexibility index (Phi) is 3.26. The number of rotatable bonds is 2. The van der Waals surface area contributed by atoms with Crippen LogP contribution in [-0.2, 0) is 4.18 Å². The molecule has 0 heterocycles. The average molecular weight is 189 g/mol. The first-order valence-corrected chi connectivity index (χ1v) is 4.00. The maximum Gasteiger partial charge on any atom is 0.416 e. The van der Waals surface area contributed by atoms with Gasteiger partial charge in [0.15, 0.2) is 0 Å². The average Bonchev–Trinajstić information content (AvgIpc) is 2.03. The molecule has 0 aliphatic carbocycles. The summed E-state index contributed by atoms with van der Waals surface area (Å²) in [7, 11) is 0. The van der Waals surface area contributed by atoms with Gasteiger partial charge in [0, 0.05) is 16.5 Å². The van der Waals surface area contributed by atoms with Gasteiger partial charge in [0.1, 0.15) is 0 Å². The molecule has 1 aromatic carbocycles. The lowest BCUT2D eigenvalue weighted by molar-refractivity contribution is 0.233. The van der Waals surface area contributed by atoms with Crippen molar-refractivity contribution in [3.63, 3.8) is 0 Å². The van der Waals surface area contributed by atoms with Crippen LogP contribution in [0.2, 0.25) is 0 Å². The molecule has 58 valence electrons. The molecule has 0 unspecified atom stereocenters. The highest BCUT2D eigenvalue weighted by molar-refractivity contribution is 7.95. The predicted molar refractivity (Wildman–Crippen MR) is 44.6 cm³/mol. The number of benzene rings is 1. The van der Waals surface area contributed by atoms with E-state index in [4.69, 9.17) is 11.6 Å². The number of hydrogen-bond acceptors (Lipinski definition) is 3. The summed E-state index contributed by atoms with van der Waals surface area (Å²) in [4.78, 5) is 11.0. The van der Waals surface area contributed by atoms with Crippen LogP contribution in [0, 0.1) is 0 Å². The first-order valence-electron chi connectivity index (χ1n) is 2.88. The van der Waals surface area contributed by atoms with Crippen molar-refractivity contribution in [2.45, 2.75) is 4.90 Å². The number of hydrogen-bond donors (Lipinski definition) is 0. The van der Waals surface area contributed by atoms with Gasteiger partial charge in [-0.25, -0.2) is 4.79 Å². The summed E-state index contributed by atoms with van der Waals surface area (Å²) in [6.45, 7) is 0. The Balaban J connectivity index is 2.45. The van der Waals surface area contributed by atoms with Gasteiger partial charge in [-0.15, -0.1) is 0 Å². The van der Waals surface area contributed by atoms with Gasteiger partial charge in [-0.1, -0.05) is 18.2 Å². The molecule has 0 aliphatic heterocycles. The van der Waals surface area contributed by atoms with Gasteiger partial charge in [-0.3, -0.25) is 0 Å². The third kappa shape index (κ3) is 3.30. The number of carbonyl (C=O) groups excluding carboxylic acids is 1. The normalized spacial score (nSPS) is 9.18. The fourth-order valence-electron chi connectivity index (χ4n) is 0.557. The Labute approximate surface area is 73.7 Å². The zero-order chi connectivity index (χ0) is 8.10. The Morgan fingerprint density at radius 2 is 2.00 bits per heavy atom. The molecule has 0 bridgehead atoms. The van der Waals surface area contributed by atoms with E-state index in [9.17, 15) is 4.79 Å². The topological polar surface area (TPSA) is 26.3 Å². The van der Waals surface area contributed by atoms with Crippen LogP contribution >= 0.6 is 23.6 Å². The van der Waals surface area contributed by atoms with E-state index in [2.05, 4.69) is 4.18 Å². The van der Waals surface area contributed by atoms with Gasteiger partial charge in [-0.2, -0.15) is 0 Å². The monoisotopic (exact) mass is 188 g/mol. The standard InChI is InChI=1S/C7H5ClO2S/c8-7(9)10-11-6-4-2-1-3-5-6/h1-5H. The highest BCUT2D eigenvalue weighted by Crippen LogP contribution is 2.18. The van der Waals surface area contributed by atoms with Gasteiger partial charge >= 0.3 is 5.43 Å². The van der Waals surface area contributed by atoms with Crippen molar-refractivity contribution in [3.05, 3.63) is 30.3 Å². The maximum atomic E-state index is 10.1. The zero-order valence-corrected chi connectivity index (χ0v) is 7.06. The van der Waals surface area contributed by atoms with Crippen LogP contribution in [-0.4, -0.2) is 5.43 Å². The number of halogens is 1. The summed E-state index contributed by atoms with van der Waals surface area (Å²) >= 11 is 5.89. The first-order chi connectivity index (χ1) is 5.29. The molecule has 11 heavy (non-hydrogen) atoms. The van der Waals surface area contributed by atoms with Gasteiger partial charge in [-0.05, 0) is 12.1 Å². The molecule has 0 saturated heterocycles. The quantitative estimate of drug-likeness (QED) is 0.527. The summed E-state index contributed by atoms with van der Waals surface area (Å²) in [6, 6.07) is 9.23. The van der Waals surface area contributed by atoms with Crippen LogP contribution in [0.4, 0.5) is 4.79 Å². The van der Waals surface area contributed by atoms with Gasteiger partial charge < -0.3 is 4.18 Å². The van der Waals surface area contributed by atoms with E-state index in [-0.39, 0.29) is 0 Å². The Bertz CT molecular complexity index is 237. The second-order valence-corrected chi connectivity index (χ2v) is 2.83. The molecule has 1 rings (SSSR count). The first kappa shape index (κ1) is 8.43. The van der Waals surface area contributed by atoms with E-state index in [0.29, 0.717) is 0 Å². The molecule has 2 nitrogen and oxygen atoms in total. The van der Waals surface area contributed by atoms with Gasteiger partial charge in [0.05, 0.1) is 12.0 Å². The Morgan fingerprint density at radius 3 is 2.55 bits per heavy atom. The van der Waals surface area contributed by atoms with Gasteiger partial charge in [0.2, 0.25) is 0 Å². The third-order valence-corrected chi connectivity index (χ3v) is 1.81. The molecule has 0 saturated carbocycles. The third-order valence-electron chi connectivity index (χ3n) is 0.947. The van der Waals surface area contributed by atoms with E-state index < -0.39 is 5.43 Å². The molecule has 0 aromatic heterocycles. The van der Waals surface area contributed by atoms with Crippen LogP contribution in [0.5, 0.6) is 0 Å². The second kappa shape index (κ2) is 4.26. The minimum absolute atomic E-state index is 0.807. The fourth-order valence-corrected chi connectivity index (χ4v) is 1.08. The van der Waals surface area contributed by atoms with E-state index in [1.54, 1.807) is 0 Å². The largest absolute Gasteiger partial charge is 0.416 e. The highest BCUT2D eigenvalue weighted by Gasteiger charge is 1.97. The summed E-state index contributed by atoms with van der Waals surface area (Å²) in [5.41, 5.74) is -0.807. The fraction of sp³-hybridized carbons (Fsp3) is 0. The molecule has 0 radical (unpaired) electrons. The van der Waals surface area contributed by atoms with Crippen LogP contribution < -0.4 is 0 Å². The summed E-state index contributed by atoms with van der Waals surface area (Å²) in [5, 5.41) is 0. The van der Waals surface area contributed by atoms with E-state index in [0.717, 1.165) is 16.9 Å². The molecule has 0 fully saturated rings. The number of carbonyl (C=O) groups is 1. The van der Waals surface area contributed by atoms with Crippen molar-refractivity contribution in [2.24, 2.45) is 0 Å². The van der Waals surface area contributed by atoms with E-state index in [1.807, 2.05) is 30.3 Å². The van der Waals surface area contributed by atoms with Gasteiger partial charge in [0.25, 0.3) is 0 Å². The minimum atomic E-state index is -0.807. The minimum Gasteiger partial charge on any atom is -0.374 e. The predicted octanol–water partition coefficient (Wildman–Crippen LogP) is 3.07. The molecule has 0 aliphatic rings. The maximum absolute atomic E-state index is 10.1. The van der Waals surface area contributed by atoms with Crippen molar-refractivity contribution in [2.75, 3.05) is 0 Å². The van der Waals surface area contributed by atoms with Crippen molar-refractivity contribution >= 4 is 29.1 Å². The van der Waals surface area contributed by atoms with Crippen LogP contribution in [0.25, 0.3) is 0 Å². The van der Waals surface area contributed by atoms with Crippen molar-refractivity contribution < 1.29 is 8.98 Å². The molecule has 0 N–H and O–H groups in total. The SMILES string of the molecule is O=C(Cl)OSc1ccccc1. The van der Waals surface area contributed by atoms with Crippen LogP contribution in [0.1, 0.15) is 0 Å². The van der Waals surface area contributed by atoms with Crippen LogP contribution in [0.3, 0.4) is 0 Å². The van der Waals surface area contributed by atoms with E-state index in [1.165, 1.54) is 0 Å². The highest BCUT2D eigenvalue weighted by atomic mass is 35.5. The molecule has 0 spiro atoms. The van der Waals surface area contributed by atoms with E-state index >= 15 is 0 Å². The Morgan fingerprint density at radius 1 is 1.36 bits per heavy atom. The second-order valence-electron chi connectivity index (χ2n) is 1.72. The smallest absolute Gasteiger partial charge is 0.374 e. The Hall–Kier alpha value is -0.670. The van der Waals surface area contributed by atoms with Crippen molar-refractivity contribution in [1.82, 2.24) is 0 Å². The molecule has 0 atom stereocenters. The molecule has 1 aromatic rings. The lowest BCUT2D eigenvalue weighted by Crippen LogP contribution is -1.81. The van der Waals surface area contributed by atoms with Crippen molar-refractivity contribution in [3.8, 4) is 0 Å². The lowest BCUT2D eigenvalue weighted by atomic mass is 10.4. The van der Waals surface area contributed by atoms with Crippen LogP contribution in [0.15, 0.2) is 35.2 Å². The molecular formula is C7H5ClO2S. The lowest BCUT2D eigenvalue weighted by Gasteiger charge is -1.95. The molecule has 4 heteroatoms. The zero-order valence-electron chi connectivity index (χ0n) is 5.49. The summed E-state index contributed by atoms with van der Waals surface area (Å²) < 4.78 is 4.47. The van der Waals surface area contributed by atoms with Crippen molar-refractivity contribution in [1.29, 1.82) is 0 Å².